The lowest BCUT2D eigenvalue weighted by Gasteiger charge is -2.63. The SMILES string of the molecule is CCOC(=O)CC(C)[Si]12O[Si]3(C)O[Si]4(C)O[Si](C)(O1)O[Si]1(C(C)CC(=O)OCC)O[Si](C)(O[Si](C)(O3)O[Si](C(C)CC(=O)OCC)(O4)O1)O2. The summed E-state index contributed by atoms with van der Waals surface area (Å²) in [5.41, 5.74) is -2.33. The van der Waals surface area contributed by atoms with Gasteiger partial charge in [-0.05, 0) is 20.8 Å². The summed E-state index contributed by atoms with van der Waals surface area (Å²) in [4.78, 5) is 38.8. The van der Waals surface area contributed by atoms with Crippen LogP contribution >= 0.6 is 0 Å². The Morgan fingerprint density at radius 3 is 0.837 bits per heavy atom. The molecule has 7 atom stereocenters. The highest BCUT2D eigenvalue weighted by Gasteiger charge is 2.82. The molecule has 0 amide bonds. The van der Waals surface area contributed by atoms with Gasteiger partial charge in [-0.25, -0.2) is 0 Å². The fraction of sp³-hybridized carbons (Fsp3) is 0.870. The number of ether oxygens (including phenoxy) is 3. The van der Waals surface area contributed by atoms with Gasteiger partial charge in [-0.1, -0.05) is 20.8 Å². The van der Waals surface area contributed by atoms with Gasteiger partial charge >= 0.3 is 88.3 Å². The minimum absolute atomic E-state index is 0.143. The van der Waals surface area contributed by atoms with Crippen LogP contribution < -0.4 is 0 Å². The molecule has 0 radical (unpaired) electrons. The second-order valence-corrected chi connectivity index (χ2v) is 38.1. The fourth-order valence-corrected chi connectivity index (χ4v) is 54.9. The van der Waals surface area contributed by atoms with Crippen molar-refractivity contribution < 1.29 is 78.0 Å². The van der Waals surface area contributed by atoms with Gasteiger partial charge < -0.3 is 63.6 Å². The molecular formula is C23H48O18Si8. The molecule has 8 bridgehead atoms. The molecule has 0 aromatic rings. The highest BCUT2D eigenvalue weighted by molar-refractivity contribution is 7.03. The minimum Gasteiger partial charge on any atom is -0.466 e. The molecule has 0 aromatic carbocycles. The van der Waals surface area contributed by atoms with Crippen molar-refractivity contribution in [2.45, 2.75) is 110 Å². The summed E-state index contributed by atoms with van der Waals surface area (Å²) in [6.45, 7) is 18.9. The van der Waals surface area contributed by atoms with E-state index < -0.39 is 105 Å². The summed E-state index contributed by atoms with van der Waals surface area (Å²) < 4.78 is 99.0. The summed E-state index contributed by atoms with van der Waals surface area (Å²) in [6.07, 6.45) is -0.504. The zero-order valence-corrected chi connectivity index (χ0v) is 37.8. The first-order chi connectivity index (χ1) is 22.6. The molecule has 6 rings (SSSR count). The average molecular weight is 837 g/mol. The molecule has 49 heavy (non-hydrogen) atoms. The lowest BCUT2D eigenvalue weighted by Crippen LogP contribution is -2.88. The molecule has 0 saturated carbocycles. The Bertz CT molecular complexity index is 1270. The summed E-state index contributed by atoms with van der Waals surface area (Å²) in [7, 11) is -33.2. The number of hydrogen-bond donors (Lipinski definition) is 0. The molecule has 6 saturated heterocycles. The van der Waals surface area contributed by atoms with Crippen LogP contribution in [0.4, 0.5) is 0 Å². The van der Waals surface area contributed by atoms with Gasteiger partial charge in [0.15, 0.2) is 0 Å². The van der Waals surface area contributed by atoms with Crippen molar-refractivity contribution >= 4 is 88.3 Å². The molecule has 0 aliphatic carbocycles. The number of hydrogen-bond acceptors (Lipinski definition) is 18. The lowest BCUT2D eigenvalue weighted by molar-refractivity contribution is -0.144. The Labute approximate surface area is 295 Å². The van der Waals surface area contributed by atoms with Crippen molar-refractivity contribution in [3.8, 4) is 0 Å². The van der Waals surface area contributed by atoms with Gasteiger partial charge in [0, 0.05) is 49.4 Å². The van der Waals surface area contributed by atoms with E-state index in [0.717, 1.165) is 0 Å². The molecular weight excluding hydrogens is 789 g/mol. The minimum atomic E-state index is -4.39. The predicted octanol–water partition coefficient (Wildman–Crippen LogP) is 2.94. The van der Waals surface area contributed by atoms with Gasteiger partial charge in [-0.2, -0.15) is 0 Å². The average Bonchev–Trinajstić information content (AvgIpc) is 2.88. The maximum absolute atomic E-state index is 13.0. The van der Waals surface area contributed by atoms with E-state index in [0.29, 0.717) is 0 Å². The highest BCUT2D eigenvalue weighted by atomic mass is 28.6. The first-order valence-corrected chi connectivity index (χ1v) is 33.0. The number of esters is 3. The standard InChI is InChI=1S/C23H48O18Si8/c1-12-27-21(24)15-18(4)47-34-42(7)30-43(8)32-45(10,37-47)39-49(20(6)17-23(26)29-14-3)40-46(11,38-47)33-44(9,31-42)36-48(35-43,41-49)19(5)16-22(25)28-13-2/h18-20H,12-17H2,1-11H3. The van der Waals surface area contributed by atoms with Crippen LogP contribution in [-0.4, -0.2) is 108 Å². The van der Waals surface area contributed by atoms with Crippen molar-refractivity contribution in [2.24, 2.45) is 0 Å². The van der Waals surface area contributed by atoms with Crippen molar-refractivity contribution in [1.82, 2.24) is 0 Å². The molecule has 18 nitrogen and oxygen atoms in total. The van der Waals surface area contributed by atoms with Crippen LogP contribution in [-0.2, 0) is 78.0 Å². The summed E-state index contributed by atoms with van der Waals surface area (Å²) in [5, 5.41) is 0. The molecule has 7 unspecified atom stereocenters. The second-order valence-electron chi connectivity index (χ2n) is 13.1. The molecule has 6 aliphatic rings. The van der Waals surface area contributed by atoms with Crippen LogP contribution in [0.5, 0.6) is 0 Å². The van der Waals surface area contributed by atoms with Gasteiger partial charge in [-0.15, -0.1) is 0 Å². The Morgan fingerprint density at radius 2 is 0.612 bits per heavy atom. The summed E-state index contributed by atoms with van der Waals surface area (Å²) >= 11 is 0. The van der Waals surface area contributed by atoms with E-state index in [-0.39, 0.29) is 39.1 Å². The van der Waals surface area contributed by atoms with Gasteiger partial charge in [0.05, 0.1) is 39.1 Å². The van der Waals surface area contributed by atoms with E-state index in [1.807, 2.05) is 0 Å². The number of carbonyl (C=O) groups excluding carboxylic acids is 3. The van der Waals surface area contributed by atoms with Crippen LogP contribution in [0.25, 0.3) is 0 Å². The zero-order chi connectivity index (χ0) is 36.3. The highest BCUT2D eigenvalue weighted by Crippen LogP contribution is 2.54. The molecule has 6 heterocycles. The first kappa shape index (κ1) is 39.9. The largest absolute Gasteiger partial charge is 0.482 e. The summed E-state index contributed by atoms with van der Waals surface area (Å²) in [6, 6.07) is 0. The van der Waals surface area contributed by atoms with Crippen LogP contribution in [0.1, 0.15) is 60.8 Å². The third kappa shape index (κ3) is 8.12. The third-order valence-corrected chi connectivity index (χ3v) is 44.9. The molecule has 0 spiro atoms. The van der Waals surface area contributed by atoms with Crippen LogP contribution in [0.15, 0.2) is 0 Å². The normalized spacial score (nSPS) is 44.4. The lowest BCUT2D eigenvalue weighted by atomic mass is 10.3. The van der Waals surface area contributed by atoms with E-state index in [1.165, 1.54) is 0 Å². The quantitative estimate of drug-likeness (QED) is 0.158. The molecule has 26 heteroatoms. The smallest absolute Gasteiger partial charge is 0.466 e. The van der Waals surface area contributed by atoms with Crippen molar-refractivity contribution in [3.63, 3.8) is 0 Å². The third-order valence-electron chi connectivity index (χ3n) is 8.21. The summed E-state index contributed by atoms with van der Waals surface area (Å²) in [5.74, 6) is -1.54. The van der Waals surface area contributed by atoms with Gasteiger partial charge in [0.2, 0.25) is 0 Å². The number of rotatable bonds is 12. The molecule has 6 aliphatic heterocycles. The van der Waals surface area contributed by atoms with Crippen LogP contribution in [0, 0.1) is 0 Å². The fourth-order valence-electron chi connectivity index (χ4n) is 6.54. The van der Waals surface area contributed by atoms with E-state index in [9.17, 15) is 14.4 Å². The van der Waals surface area contributed by atoms with E-state index in [2.05, 4.69) is 0 Å². The Hall–Kier alpha value is -0.335. The first-order valence-electron chi connectivity index (χ1n) is 16.5. The maximum Gasteiger partial charge on any atom is 0.482 e. The number of carbonyl (C=O) groups is 3. The molecule has 6 fully saturated rings. The maximum atomic E-state index is 13.0. The molecule has 280 valence electrons. The second kappa shape index (κ2) is 13.8. The van der Waals surface area contributed by atoms with Crippen molar-refractivity contribution in [1.29, 1.82) is 0 Å². The van der Waals surface area contributed by atoms with E-state index in [1.54, 1.807) is 74.3 Å². The van der Waals surface area contributed by atoms with E-state index in [4.69, 9.17) is 63.6 Å². The predicted molar refractivity (Wildman–Crippen MR) is 180 cm³/mol. The van der Waals surface area contributed by atoms with Crippen molar-refractivity contribution in [2.75, 3.05) is 19.8 Å². The zero-order valence-electron chi connectivity index (χ0n) is 29.8. The molecule has 0 aromatic heterocycles. The Kier molecular flexibility index (Phi) is 11.2. The van der Waals surface area contributed by atoms with Crippen LogP contribution in [0.2, 0.25) is 49.4 Å². The van der Waals surface area contributed by atoms with Gasteiger partial charge in [0.1, 0.15) is 0 Å². The molecule has 0 N–H and O–H groups in total. The Morgan fingerprint density at radius 1 is 0.408 bits per heavy atom. The van der Waals surface area contributed by atoms with Gasteiger partial charge in [-0.3, -0.25) is 14.4 Å². The monoisotopic (exact) mass is 836 g/mol. The Balaban J connectivity index is 1.75. The van der Waals surface area contributed by atoms with Crippen molar-refractivity contribution in [3.05, 3.63) is 0 Å². The topological polar surface area (TPSA) is 190 Å². The van der Waals surface area contributed by atoms with Gasteiger partial charge in [0.25, 0.3) is 0 Å². The van der Waals surface area contributed by atoms with Crippen LogP contribution in [0.3, 0.4) is 0 Å². The van der Waals surface area contributed by atoms with E-state index >= 15 is 0 Å².